The lowest BCUT2D eigenvalue weighted by atomic mass is 9.99. The highest BCUT2D eigenvalue weighted by atomic mass is 19.4. The molecule has 0 amide bonds. The van der Waals surface area contributed by atoms with Crippen LogP contribution in [0.15, 0.2) is 58.6 Å². The molecule has 1 aliphatic heterocycles. The predicted octanol–water partition coefficient (Wildman–Crippen LogP) is 8.02. The molecular formula is C29H37F3O4. The molecule has 0 spiro atoms. The third-order valence-corrected chi connectivity index (χ3v) is 6.23. The van der Waals surface area contributed by atoms with Crippen LogP contribution in [0.5, 0.6) is 5.75 Å². The van der Waals surface area contributed by atoms with Crippen molar-refractivity contribution < 1.29 is 32.2 Å². The topological polar surface area (TPSA) is 55.1 Å². The van der Waals surface area contributed by atoms with E-state index in [4.69, 9.17) is 13.9 Å². The van der Waals surface area contributed by atoms with E-state index in [9.17, 15) is 18.3 Å². The van der Waals surface area contributed by atoms with Gasteiger partial charge in [0.1, 0.15) is 17.1 Å². The maximum atomic E-state index is 14.0. The number of rotatable bonds is 15. The molecular weight excluding hydrogens is 469 g/mol. The molecule has 2 heterocycles. The number of epoxide rings is 1. The van der Waals surface area contributed by atoms with Crippen molar-refractivity contribution in [2.75, 3.05) is 19.8 Å². The predicted molar refractivity (Wildman–Crippen MR) is 137 cm³/mol. The Hall–Kier alpha value is -2.51. The quantitative estimate of drug-likeness (QED) is 0.151. The van der Waals surface area contributed by atoms with Crippen LogP contribution in [0, 0.1) is 5.92 Å². The van der Waals surface area contributed by atoms with Crippen molar-refractivity contribution in [3.8, 4) is 5.75 Å². The Morgan fingerprint density at radius 3 is 2.67 bits per heavy atom. The first-order chi connectivity index (χ1) is 17.4. The first-order valence-electron chi connectivity index (χ1n) is 12.9. The van der Waals surface area contributed by atoms with Crippen LogP contribution >= 0.6 is 0 Å². The molecule has 1 aromatic heterocycles. The highest BCUT2D eigenvalue weighted by Gasteiger charge is 2.35. The molecule has 1 aromatic carbocycles. The third-order valence-electron chi connectivity index (χ3n) is 6.23. The average Bonchev–Trinajstić information content (AvgIpc) is 3.56. The van der Waals surface area contributed by atoms with Crippen LogP contribution in [0.25, 0.3) is 16.5 Å². The average molecular weight is 507 g/mol. The number of hydrogen-bond acceptors (Lipinski definition) is 4. The Morgan fingerprint density at radius 2 is 2.00 bits per heavy atom. The van der Waals surface area contributed by atoms with Crippen LogP contribution in [-0.4, -0.2) is 37.2 Å². The molecule has 3 rings (SSSR count). The van der Waals surface area contributed by atoms with Gasteiger partial charge in [-0.2, -0.15) is 13.2 Å². The fraction of sp³-hybridized carbons (Fsp3) is 0.517. The van der Waals surface area contributed by atoms with E-state index in [-0.39, 0.29) is 30.0 Å². The van der Waals surface area contributed by atoms with Gasteiger partial charge in [-0.25, -0.2) is 0 Å². The summed E-state index contributed by atoms with van der Waals surface area (Å²) in [7, 11) is 0. The van der Waals surface area contributed by atoms with Crippen LogP contribution in [0.1, 0.15) is 64.6 Å². The lowest BCUT2D eigenvalue weighted by molar-refractivity contribution is -0.0876. The highest BCUT2D eigenvalue weighted by Crippen LogP contribution is 2.37. The minimum absolute atomic E-state index is 0.00472. The number of hydrogen-bond donors (Lipinski definition) is 1. The normalized spacial score (nSPS) is 17.8. The first-order valence-corrected chi connectivity index (χ1v) is 12.9. The van der Waals surface area contributed by atoms with Gasteiger partial charge in [0.15, 0.2) is 0 Å². The third kappa shape index (κ3) is 8.56. The van der Waals surface area contributed by atoms with E-state index in [1.54, 1.807) is 43.3 Å². The maximum Gasteiger partial charge on any atom is 0.417 e. The van der Waals surface area contributed by atoms with Gasteiger partial charge in [0.2, 0.25) is 0 Å². The molecule has 1 N–H and O–H groups in total. The van der Waals surface area contributed by atoms with Crippen molar-refractivity contribution in [1.82, 2.24) is 0 Å². The van der Waals surface area contributed by atoms with Gasteiger partial charge in [0.25, 0.3) is 0 Å². The van der Waals surface area contributed by atoms with Gasteiger partial charge in [-0.15, -0.1) is 0 Å². The zero-order valence-electron chi connectivity index (χ0n) is 21.2. The number of ether oxygens (including phenoxy) is 2. The van der Waals surface area contributed by atoms with Gasteiger partial charge in [0.05, 0.1) is 24.9 Å². The standard InChI is InChI=1S/C29H37F3O4/c1-3-5-6-7-8-12-26(29(30,31)32)25(10-4-2)28-17-22-13-14-23(18-27(22)36-28)34-15-9-11-21(19-33)16-24-20-35-24/h4,8,10,12-14,17-18,21,24,33H,3,5-7,9,11,15-16,19-20H2,1-2H3/b10-4-,12-8+,26-25-. The van der Waals surface area contributed by atoms with Gasteiger partial charge in [-0.1, -0.05) is 44.1 Å². The zero-order chi connectivity index (χ0) is 26.0. The summed E-state index contributed by atoms with van der Waals surface area (Å²) < 4.78 is 58.9. The molecule has 36 heavy (non-hydrogen) atoms. The van der Waals surface area contributed by atoms with Crippen molar-refractivity contribution in [2.24, 2.45) is 5.92 Å². The summed E-state index contributed by atoms with van der Waals surface area (Å²) >= 11 is 0. The SMILES string of the molecule is C\C=C/C(=C(\C=C\CCCCC)C(F)(F)F)c1cc2ccc(OCCCC(CO)CC3CO3)cc2o1. The number of fused-ring (bicyclic) bond motifs is 1. The number of halogens is 3. The zero-order valence-corrected chi connectivity index (χ0v) is 21.2. The van der Waals surface area contributed by atoms with Gasteiger partial charge >= 0.3 is 6.18 Å². The van der Waals surface area contributed by atoms with E-state index in [0.717, 1.165) is 45.1 Å². The van der Waals surface area contributed by atoms with E-state index in [2.05, 4.69) is 6.92 Å². The summed E-state index contributed by atoms with van der Waals surface area (Å²) in [6, 6.07) is 6.93. The van der Waals surface area contributed by atoms with Crippen molar-refractivity contribution in [1.29, 1.82) is 0 Å². The molecule has 1 saturated heterocycles. The second kappa shape index (κ2) is 13.7. The van der Waals surface area contributed by atoms with Crippen molar-refractivity contribution in [3.05, 3.63) is 59.9 Å². The number of alkyl halides is 3. The van der Waals surface area contributed by atoms with Gasteiger partial charge in [-0.05, 0) is 63.1 Å². The summed E-state index contributed by atoms with van der Waals surface area (Å²) in [6.45, 7) is 5.14. The number of furan rings is 1. The van der Waals surface area contributed by atoms with Gasteiger partial charge in [-0.3, -0.25) is 0 Å². The van der Waals surface area contributed by atoms with E-state index >= 15 is 0 Å². The smallest absolute Gasteiger partial charge is 0.417 e. The Kier molecular flexibility index (Phi) is 10.7. The van der Waals surface area contributed by atoms with E-state index in [0.29, 0.717) is 29.7 Å². The molecule has 2 atom stereocenters. The van der Waals surface area contributed by atoms with Gasteiger partial charge in [0, 0.05) is 23.6 Å². The van der Waals surface area contributed by atoms with Crippen molar-refractivity contribution in [2.45, 2.75) is 71.1 Å². The van der Waals surface area contributed by atoms with Crippen LogP contribution in [0.4, 0.5) is 13.2 Å². The van der Waals surface area contributed by atoms with Crippen LogP contribution in [0.3, 0.4) is 0 Å². The minimum atomic E-state index is -4.51. The summed E-state index contributed by atoms with van der Waals surface area (Å²) in [5, 5.41) is 10.2. The molecule has 198 valence electrons. The first kappa shape index (κ1) is 28.1. The van der Waals surface area contributed by atoms with E-state index in [1.165, 1.54) is 12.2 Å². The maximum absolute atomic E-state index is 14.0. The Labute approximate surface area is 211 Å². The number of benzene rings is 1. The fourth-order valence-corrected chi connectivity index (χ4v) is 4.18. The summed E-state index contributed by atoms with van der Waals surface area (Å²) in [5.41, 5.74) is -0.246. The van der Waals surface area contributed by atoms with E-state index in [1.807, 2.05) is 0 Å². The molecule has 1 aliphatic rings. The molecule has 2 unspecified atom stereocenters. The monoisotopic (exact) mass is 506 g/mol. The Balaban J connectivity index is 1.73. The number of allylic oxidation sites excluding steroid dienone is 6. The van der Waals surface area contributed by atoms with Crippen molar-refractivity contribution >= 4 is 16.5 Å². The summed E-state index contributed by atoms with van der Waals surface area (Å²) in [4.78, 5) is 0. The summed E-state index contributed by atoms with van der Waals surface area (Å²) in [6.07, 6.45) is 7.53. The molecule has 4 nitrogen and oxygen atoms in total. The summed E-state index contributed by atoms with van der Waals surface area (Å²) in [5.74, 6) is 0.966. The number of aliphatic hydroxyl groups excluding tert-OH is 1. The number of aliphatic hydroxyl groups is 1. The van der Waals surface area contributed by atoms with Crippen LogP contribution in [-0.2, 0) is 4.74 Å². The fourth-order valence-electron chi connectivity index (χ4n) is 4.18. The van der Waals surface area contributed by atoms with Crippen LogP contribution < -0.4 is 4.74 Å². The molecule has 0 aliphatic carbocycles. The van der Waals surface area contributed by atoms with Gasteiger partial charge < -0.3 is 19.0 Å². The molecule has 0 bridgehead atoms. The van der Waals surface area contributed by atoms with Crippen LogP contribution in [0.2, 0.25) is 0 Å². The second-order valence-electron chi connectivity index (χ2n) is 9.26. The van der Waals surface area contributed by atoms with Crippen molar-refractivity contribution in [3.63, 3.8) is 0 Å². The molecule has 1 fully saturated rings. The second-order valence-corrected chi connectivity index (χ2v) is 9.26. The largest absolute Gasteiger partial charge is 0.493 e. The number of unbranched alkanes of at least 4 members (excludes halogenated alkanes) is 3. The van der Waals surface area contributed by atoms with E-state index < -0.39 is 11.7 Å². The highest BCUT2D eigenvalue weighted by molar-refractivity contribution is 5.86. The lowest BCUT2D eigenvalue weighted by Gasteiger charge is -2.13. The molecule has 2 aromatic rings. The minimum Gasteiger partial charge on any atom is -0.493 e. The Bertz CT molecular complexity index is 1040. The molecule has 7 heteroatoms. The Morgan fingerprint density at radius 1 is 1.19 bits per heavy atom. The lowest BCUT2D eigenvalue weighted by Crippen LogP contribution is -2.12. The molecule has 0 radical (unpaired) electrons. The molecule has 0 saturated carbocycles.